The molecular formula is C34H39N5O7S. The smallest absolute Gasteiger partial charge is 0.414 e. The predicted molar refractivity (Wildman–Crippen MR) is 176 cm³/mol. The van der Waals surface area contributed by atoms with Gasteiger partial charge >= 0.3 is 12.1 Å². The molecule has 2 atom stereocenters. The van der Waals surface area contributed by atoms with E-state index < -0.39 is 34.0 Å². The Bertz CT molecular complexity index is 1750. The molecule has 2 aromatic rings. The van der Waals surface area contributed by atoms with Crippen LogP contribution < -0.4 is 14.1 Å². The molecule has 2 amide bonds. The highest BCUT2D eigenvalue weighted by molar-refractivity contribution is 7.93. The first-order chi connectivity index (χ1) is 22.7. The molecule has 3 saturated heterocycles. The number of pyridine rings is 1. The summed E-state index contributed by atoms with van der Waals surface area (Å²) >= 11 is 0. The van der Waals surface area contributed by atoms with Crippen LogP contribution in [0.5, 0.6) is 0 Å². The van der Waals surface area contributed by atoms with Gasteiger partial charge in [-0.2, -0.15) is 0 Å². The topological polar surface area (TPSA) is 130 Å². The van der Waals surface area contributed by atoms with E-state index in [1.54, 1.807) is 35.3 Å². The Kier molecular flexibility index (Phi) is 8.41. The van der Waals surface area contributed by atoms with Gasteiger partial charge in [0.15, 0.2) is 0 Å². The number of anilines is 3. The van der Waals surface area contributed by atoms with Gasteiger partial charge < -0.3 is 19.3 Å². The SMILES string of the molecule is Cc1cc(C2CC2)cnc1N1CCN(C(=O)c2ccc(N3C(=O)OCC3COC(=O)C3C=CC=CC3)cc2N2CCCS2(=O)=O)CC1. The third-order valence-corrected chi connectivity index (χ3v) is 11.4. The normalized spacial score (nSPS) is 23.7. The number of aromatic nitrogens is 1. The van der Waals surface area contributed by atoms with E-state index in [0.717, 1.165) is 11.4 Å². The van der Waals surface area contributed by atoms with Gasteiger partial charge in [0.1, 0.15) is 25.1 Å². The van der Waals surface area contributed by atoms with Crippen molar-refractivity contribution in [1.29, 1.82) is 0 Å². The number of cyclic esters (lactones) is 1. The van der Waals surface area contributed by atoms with Crippen LogP contribution in [-0.2, 0) is 24.3 Å². The molecule has 2 aliphatic carbocycles. The number of aryl methyl sites for hydroxylation is 1. The minimum Gasteiger partial charge on any atom is -0.463 e. The number of nitrogens with zero attached hydrogens (tertiary/aromatic N) is 5. The van der Waals surface area contributed by atoms with E-state index in [-0.39, 0.29) is 42.7 Å². The number of rotatable bonds is 8. The molecule has 0 spiro atoms. The van der Waals surface area contributed by atoms with E-state index in [2.05, 4.69) is 17.9 Å². The van der Waals surface area contributed by atoms with Gasteiger partial charge in [0.25, 0.3) is 5.91 Å². The van der Waals surface area contributed by atoms with Crippen LogP contribution in [0.15, 0.2) is 54.8 Å². The minimum absolute atomic E-state index is 0.00642. The number of hydrogen-bond donors (Lipinski definition) is 0. The molecular weight excluding hydrogens is 622 g/mol. The van der Waals surface area contributed by atoms with E-state index in [9.17, 15) is 22.8 Å². The second kappa shape index (κ2) is 12.7. The summed E-state index contributed by atoms with van der Waals surface area (Å²) in [6, 6.07) is 6.39. The zero-order chi connectivity index (χ0) is 32.7. The van der Waals surface area contributed by atoms with Gasteiger partial charge in [0.05, 0.1) is 22.9 Å². The lowest BCUT2D eigenvalue weighted by Gasteiger charge is -2.36. The molecule has 0 radical (unpaired) electrons. The molecule has 0 bridgehead atoms. The Labute approximate surface area is 274 Å². The molecule has 7 rings (SSSR count). The quantitative estimate of drug-likeness (QED) is 0.388. The molecule has 13 heteroatoms. The molecule has 4 heterocycles. The van der Waals surface area contributed by atoms with Crippen molar-refractivity contribution in [3.63, 3.8) is 0 Å². The molecule has 2 unspecified atom stereocenters. The number of sulfonamides is 1. The third kappa shape index (κ3) is 6.32. The number of esters is 1. The van der Waals surface area contributed by atoms with Crippen LogP contribution in [-0.4, -0.2) is 94.0 Å². The number of allylic oxidation sites excluding steroid dienone is 3. The maximum absolute atomic E-state index is 14.0. The highest BCUT2D eigenvalue weighted by Gasteiger charge is 2.39. The van der Waals surface area contributed by atoms with Crippen molar-refractivity contribution in [3.8, 4) is 0 Å². The van der Waals surface area contributed by atoms with Crippen molar-refractivity contribution in [2.45, 2.75) is 44.6 Å². The fraction of sp³-hybridized carbons (Fsp3) is 0.471. The van der Waals surface area contributed by atoms with Crippen molar-refractivity contribution >= 4 is 45.2 Å². The fourth-order valence-corrected chi connectivity index (χ4v) is 8.33. The molecule has 47 heavy (non-hydrogen) atoms. The van der Waals surface area contributed by atoms with Gasteiger partial charge in [-0.25, -0.2) is 18.2 Å². The number of benzene rings is 1. The van der Waals surface area contributed by atoms with Crippen molar-refractivity contribution in [3.05, 3.63) is 71.5 Å². The van der Waals surface area contributed by atoms with Crippen molar-refractivity contribution in [2.75, 3.05) is 65.8 Å². The van der Waals surface area contributed by atoms with Crippen molar-refractivity contribution in [1.82, 2.24) is 9.88 Å². The van der Waals surface area contributed by atoms with E-state index in [1.807, 2.05) is 18.3 Å². The number of carbonyl (C=O) groups is 3. The van der Waals surface area contributed by atoms with Gasteiger partial charge in [-0.1, -0.05) is 30.4 Å². The number of ether oxygens (including phenoxy) is 2. The van der Waals surface area contributed by atoms with Crippen LogP contribution in [0.1, 0.15) is 53.1 Å². The Morgan fingerprint density at radius 1 is 1.06 bits per heavy atom. The number of piperazine rings is 1. The van der Waals surface area contributed by atoms with Crippen LogP contribution in [0.2, 0.25) is 0 Å². The van der Waals surface area contributed by atoms with Gasteiger partial charge in [-0.3, -0.25) is 18.8 Å². The summed E-state index contributed by atoms with van der Waals surface area (Å²) in [5, 5.41) is 0. The first-order valence-corrected chi connectivity index (χ1v) is 17.9. The minimum atomic E-state index is -3.65. The highest BCUT2D eigenvalue weighted by atomic mass is 32.2. The number of hydrogen-bond acceptors (Lipinski definition) is 9. The molecule has 12 nitrogen and oxygen atoms in total. The summed E-state index contributed by atoms with van der Waals surface area (Å²) in [5.41, 5.74) is 3.27. The lowest BCUT2D eigenvalue weighted by Crippen LogP contribution is -2.49. The van der Waals surface area contributed by atoms with E-state index in [0.29, 0.717) is 50.6 Å². The average molecular weight is 662 g/mol. The van der Waals surface area contributed by atoms with Crippen LogP contribution in [0.4, 0.5) is 22.0 Å². The second-order valence-electron chi connectivity index (χ2n) is 12.8. The van der Waals surface area contributed by atoms with E-state index >= 15 is 0 Å². The first-order valence-electron chi connectivity index (χ1n) is 16.3. The van der Waals surface area contributed by atoms with Crippen molar-refractivity contribution < 1.29 is 32.3 Å². The van der Waals surface area contributed by atoms with E-state index in [1.165, 1.54) is 27.6 Å². The standard InChI is InChI=1S/C34H39N5O7S/c1-23-18-26(24-8-9-24)20-35-31(23)36-13-15-37(16-14-36)32(40)29-11-10-27(19-30(29)38-12-5-17-47(38,43)44)39-28(22-46-34(39)42)21-45-33(41)25-6-3-2-4-7-25/h2-4,6,10-11,18-20,24-25,28H,5,7-9,12-17,21-22H2,1H3. The number of carbonyl (C=O) groups excluding carboxylic acids is 3. The summed E-state index contributed by atoms with van der Waals surface area (Å²) in [7, 11) is -3.65. The highest BCUT2D eigenvalue weighted by Crippen LogP contribution is 2.41. The van der Waals surface area contributed by atoms with E-state index in [4.69, 9.17) is 14.5 Å². The lowest BCUT2D eigenvalue weighted by molar-refractivity contribution is -0.147. The van der Waals surface area contributed by atoms with Gasteiger partial charge in [0, 0.05) is 44.6 Å². The average Bonchev–Trinajstić information content (AvgIpc) is 3.78. The summed E-state index contributed by atoms with van der Waals surface area (Å²) < 4.78 is 38.4. The van der Waals surface area contributed by atoms with Crippen LogP contribution in [0.3, 0.4) is 0 Å². The monoisotopic (exact) mass is 661 g/mol. The molecule has 3 aliphatic heterocycles. The van der Waals surface area contributed by atoms with Crippen LogP contribution in [0, 0.1) is 12.8 Å². The van der Waals surface area contributed by atoms with Crippen LogP contribution in [0.25, 0.3) is 0 Å². The van der Waals surface area contributed by atoms with Crippen LogP contribution >= 0.6 is 0 Å². The maximum Gasteiger partial charge on any atom is 0.414 e. The zero-order valence-electron chi connectivity index (χ0n) is 26.4. The summed E-state index contributed by atoms with van der Waals surface area (Å²) in [4.78, 5) is 49.6. The number of amides is 2. The molecule has 5 aliphatic rings. The Balaban J connectivity index is 1.09. The first kappa shape index (κ1) is 31.2. The Hall–Kier alpha value is -4.39. The molecule has 1 aromatic heterocycles. The summed E-state index contributed by atoms with van der Waals surface area (Å²) in [6.45, 7) is 4.34. The predicted octanol–water partition coefficient (Wildman–Crippen LogP) is 3.77. The molecule has 0 N–H and O–H groups in total. The maximum atomic E-state index is 14.0. The lowest BCUT2D eigenvalue weighted by atomic mass is 10.0. The van der Waals surface area contributed by atoms with Gasteiger partial charge in [-0.05, 0) is 67.9 Å². The van der Waals surface area contributed by atoms with Crippen molar-refractivity contribution in [2.24, 2.45) is 5.92 Å². The zero-order valence-corrected chi connectivity index (χ0v) is 27.2. The molecule has 248 valence electrons. The van der Waals surface area contributed by atoms with Gasteiger partial charge in [-0.15, -0.1) is 0 Å². The summed E-state index contributed by atoms with van der Waals surface area (Å²) in [6.07, 6.45) is 12.1. The fourth-order valence-electron chi connectivity index (χ4n) is 6.76. The Morgan fingerprint density at radius 3 is 2.55 bits per heavy atom. The molecule has 1 saturated carbocycles. The van der Waals surface area contributed by atoms with Gasteiger partial charge in [0.2, 0.25) is 10.0 Å². The summed E-state index contributed by atoms with van der Waals surface area (Å²) in [5.74, 6) is 0.483. The molecule has 4 fully saturated rings. The molecule has 1 aromatic carbocycles. The largest absolute Gasteiger partial charge is 0.463 e. The second-order valence-corrected chi connectivity index (χ2v) is 14.8. The Morgan fingerprint density at radius 2 is 1.87 bits per heavy atom. The third-order valence-electron chi connectivity index (χ3n) is 9.51.